The lowest BCUT2D eigenvalue weighted by Crippen LogP contribution is -2.29. The van der Waals surface area contributed by atoms with Gasteiger partial charge in [0.15, 0.2) is 0 Å². The van der Waals surface area contributed by atoms with Crippen molar-refractivity contribution in [1.82, 2.24) is 0 Å². The van der Waals surface area contributed by atoms with Gasteiger partial charge in [-0.3, -0.25) is 4.90 Å². The number of carbonyl (C=O) groups is 1. The van der Waals surface area contributed by atoms with Gasteiger partial charge in [0.2, 0.25) is 0 Å². The van der Waals surface area contributed by atoms with Gasteiger partial charge in [-0.2, -0.15) is 0 Å². The van der Waals surface area contributed by atoms with E-state index in [0.717, 1.165) is 18.8 Å². The van der Waals surface area contributed by atoms with Crippen LogP contribution in [-0.4, -0.2) is 45.5 Å². The highest BCUT2D eigenvalue weighted by Crippen LogP contribution is 2.26. The summed E-state index contributed by atoms with van der Waals surface area (Å²) in [6.45, 7) is 3.24. The Morgan fingerprint density at radius 2 is 1.81 bits per heavy atom. The van der Waals surface area contributed by atoms with E-state index in [1.807, 2.05) is 12.1 Å². The third-order valence-electron chi connectivity index (χ3n) is 4.11. The fourth-order valence-corrected chi connectivity index (χ4v) is 3.00. The first-order chi connectivity index (χ1) is 10.3. The Labute approximate surface area is 125 Å². The summed E-state index contributed by atoms with van der Waals surface area (Å²) in [7, 11) is 1.61. The van der Waals surface area contributed by atoms with Crippen molar-refractivity contribution >= 4 is 17.5 Å². The lowest BCUT2D eigenvalue weighted by atomic mass is 10.1. The molecule has 0 bridgehead atoms. The molecule has 2 aliphatic heterocycles. The van der Waals surface area contributed by atoms with Gasteiger partial charge in [-0.05, 0) is 43.5 Å². The molecular weight excluding hydrogens is 268 g/mol. The molecule has 21 heavy (non-hydrogen) atoms. The molecule has 0 saturated carbocycles. The van der Waals surface area contributed by atoms with Crippen LogP contribution in [0.5, 0.6) is 0 Å². The number of hydrogen-bond acceptors (Lipinski definition) is 4. The number of ether oxygens (including phenoxy) is 2. The Balaban J connectivity index is 1.67. The maximum atomic E-state index is 11.9. The minimum Gasteiger partial charge on any atom is -0.441 e. The number of anilines is 2. The quantitative estimate of drug-likeness (QED) is 0.855. The van der Waals surface area contributed by atoms with E-state index in [-0.39, 0.29) is 12.2 Å². The SMILES string of the molecule is COCC1CN(c2ccc(N3CCCCC3)cc2)C(=O)O1. The van der Waals surface area contributed by atoms with E-state index in [0.29, 0.717) is 13.2 Å². The van der Waals surface area contributed by atoms with Gasteiger partial charge >= 0.3 is 6.09 Å². The molecule has 1 amide bonds. The first kappa shape index (κ1) is 14.2. The van der Waals surface area contributed by atoms with Crippen LogP contribution in [0.25, 0.3) is 0 Å². The van der Waals surface area contributed by atoms with Gasteiger partial charge in [0.05, 0.1) is 13.2 Å². The minimum atomic E-state index is -0.289. The Morgan fingerprint density at radius 3 is 2.48 bits per heavy atom. The summed E-state index contributed by atoms with van der Waals surface area (Å²) < 4.78 is 10.3. The number of benzene rings is 1. The van der Waals surface area contributed by atoms with Gasteiger partial charge in [0, 0.05) is 31.6 Å². The third-order valence-corrected chi connectivity index (χ3v) is 4.11. The molecule has 3 rings (SSSR count). The second kappa shape index (κ2) is 6.35. The van der Waals surface area contributed by atoms with Crippen molar-refractivity contribution in [3.63, 3.8) is 0 Å². The van der Waals surface area contributed by atoms with Gasteiger partial charge in [0.1, 0.15) is 6.10 Å². The molecule has 0 radical (unpaired) electrons. The zero-order valence-corrected chi connectivity index (χ0v) is 12.5. The Hall–Kier alpha value is -1.75. The highest BCUT2D eigenvalue weighted by molar-refractivity contribution is 5.90. The first-order valence-electron chi connectivity index (χ1n) is 7.60. The molecule has 0 aliphatic carbocycles. The lowest BCUT2D eigenvalue weighted by molar-refractivity contribution is 0.0718. The van der Waals surface area contributed by atoms with Crippen molar-refractivity contribution in [3.05, 3.63) is 24.3 Å². The third kappa shape index (κ3) is 3.13. The summed E-state index contributed by atoms with van der Waals surface area (Å²) in [4.78, 5) is 16.0. The van der Waals surface area contributed by atoms with Crippen LogP contribution in [0, 0.1) is 0 Å². The summed E-state index contributed by atoms with van der Waals surface area (Å²) in [5.41, 5.74) is 2.12. The summed E-state index contributed by atoms with van der Waals surface area (Å²) in [5.74, 6) is 0. The number of carbonyl (C=O) groups excluding carboxylic acids is 1. The number of rotatable bonds is 4. The summed E-state index contributed by atoms with van der Waals surface area (Å²) >= 11 is 0. The molecule has 0 N–H and O–H groups in total. The number of methoxy groups -OCH3 is 1. The zero-order chi connectivity index (χ0) is 14.7. The van der Waals surface area contributed by atoms with Crippen molar-refractivity contribution in [1.29, 1.82) is 0 Å². The van der Waals surface area contributed by atoms with Crippen LogP contribution in [0.15, 0.2) is 24.3 Å². The fraction of sp³-hybridized carbons (Fsp3) is 0.562. The average Bonchev–Trinajstić information content (AvgIpc) is 2.89. The van der Waals surface area contributed by atoms with Crippen molar-refractivity contribution in [2.75, 3.05) is 43.2 Å². The van der Waals surface area contributed by atoms with Gasteiger partial charge in [-0.15, -0.1) is 0 Å². The predicted octanol–water partition coefficient (Wildman–Crippen LogP) is 2.65. The Morgan fingerprint density at radius 1 is 1.14 bits per heavy atom. The number of hydrogen-bond donors (Lipinski definition) is 0. The second-order valence-corrected chi connectivity index (χ2v) is 5.64. The Bertz CT molecular complexity index is 483. The molecular formula is C16H22N2O3. The largest absolute Gasteiger partial charge is 0.441 e. The van der Waals surface area contributed by atoms with Crippen LogP contribution in [0.2, 0.25) is 0 Å². The molecule has 2 aliphatic rings. The monoisotopic (exact) mass is 290 g/mol. The van der Waals surface area contributed by atoms with Crippen LogP contribution >= 0.6 is 0 Å². The zero-order valence-electron chi connectivity index (χ0n) is 12.5. The summed E-state index contributed by atoms with van der Waals surface area (Å²) in [6.07, 6.45) is 3.39. The molecule has 2 saturated heterocycles. The van der Waals surface area contributed by atoms with Gasteiger partial charge in [0.25, 0.3) is 0 Å². The maximum Gasteiger partial charge on any atom is 0.414 e. The molecule has 1 atom stereocenters. The molecule has 114 valence electrons. The number of amides is 1. The van der Waals surface area contributed by atoms with E-state index in [9.17, 15) is 4.79 Å². The normalized spacial score (nSPS) is 22.5. The van der Waals surface area contributed by atoms with Crippen molar-refractivity contribution in [2.45, 2.75) is 25.4 Å². The molecule has 1 aromatic rings. The van der Waals surface area contributed by atoms with Crippen LogP contribution in [-0.2, 0) is 9.47 Å². The second-order valence-electron chi connectivity index (χ2n) is 5.64. The average molecular weight is 290 g/mol. The van der Waals surface area contributed by atoms with Crippen LogP contribution in [0.4, 0.5) is 16.2 Å². The minimum absolute atomic E-state index is 0.177. The highest BCUT2D eigenvalue weighted by Gasteiger charge is 2.32. The van der Waals surface area contributed by atoms with E-state index < -0.39 is 0 Å². The highest BCUT2D eigenvalue weighted by atomic mass is 16.6. The predicted molar refractivity (Wildman–Crippen MR) is 82.0 cm³/mol. The van der Waals surface area contributed by atoms with Crippen molar-refractivity contribution in [3.8, 4) is 0 Å². The van der Waals surface area contributed by atoms with E-state index >= 15 is 0 Å². The van der Waals surface area contributed by atoms with E-state index in [1.165, 1.54) is 24.9 Å². The smallest absolute Gasteiger partial charge is 0.414 e. The molecule has 2 heterocycles. The lowest BCUT2D eigenvalue weighted by Gasteiger charge is -2.29. The molecule has 0 spiro atoms. The summed E-state index contributed by atoms with van der Waals surface area (Å²) in [6, 6.07) is 8.19. The molecule has 0 aromatic heterocycles. The molecule has 5 nitrogen and oxygen atoms in total. The fourth-order valence-electron chi connectivity index (χ4n) is 3.00. The standard InChI is InChI=1S/C16H22N2O3/c1-20-12-15-11-18(16(19)21-15)14-7-5-13(6-8-14)17-9-3-2-4-10-17/h5-8,15H,2-4,9-12H2,1H3. The molecule has 5 heteroatoms. The Kier molecular flexibility index (Phi) is 4.29. The van der Waals surface area contributed by atoms with Crippen LogP contribution < -0.4 is 9.80 Å². The molecule has 2 fully saturated rings. The maximum absolute atomic E-state index is 11.9. The van der Waals surface area contributed by atoms with Crippen LogP contribution in [0.1, 0.15) is 19.3 Å². The summed E-state index contributed by atoms with van der Waals surface area (Å²) in [5, 5.41) is 0. The van der Waals surface area contributed by atoms with E-state index in [1.54, 1.807) is 12.0 Å². The van der Waals surface area contributed by atoms with E-state index in [2.05, 4.69) is 17.0 Å². The van der Waals surface area contributed by atoms with Gasteiger partial charge in [-0.25, -0.2) is 4.79 Å². The van der Waals surface area contributed by atoms with Crippen molar-refractivity contribution < 1.29 is 14.3 Å². The van der Waals surface area contributed by atoms with Crippen molar-refractivity contribution in [2.24, 2.45) is 0 Å². The molecule has 1 unspecified atom stereocenters. The number of piperidine rings is 1. The molecule has 1 aromatic carbocycles. The van der Waals surface area contributed by atoms with E-state index in [4.69, 9.17) is 9.47 Å². The van der Waals surface area contributed by atoms with Crippen LogP contribution in [0.3, 0.4) is 0 Å². The van der Waals surface area contributed by atoms with Gasteiger partial charge in [-0.1, -0.05) is 0 Å². The van der Waals surface area contributed by atoms with Gasteiger partial charge < -0.3 is 14.4 Å². The number of cyclic esters (lactones) is 1. The topological polar surface area (TPSA) is 42.0 Å². The first-order valence-corrected chi connectivity index (χ1v) is 7.60. The number of nitrogens with zero attached hydrogens (tertiary/aromatic N) is 2.